The molecule has 1 aromatic carbocycles. The highest BCUT2D eigenvalue weighted by molar-refractivity contribution is 5.96. The second-order valence-corrected chi connectivity index (χ2v) is 3.73. The van der Waals surface area contributed by atoms with Crippen LogP contribution in [0.4, 0.5) is 0 Å². The number of nitrogens with two attached hydrogens (primary N) is 1. The van der Waals surface area contributed by atoms with E-state index in [4.69, 9.17) is 11.1 Å². The number of hydrogen-bond donors (Lipinski definition) is 3. The van der Waals surface area contributed by atoms with Gasteiger partial charge in [0.2, 0.25) is 0 Å². The molecular weight excluding hydrogens is 200 g/mol. The van der Waals surface area contributed by atoms with Crippen molar-refractivity contribution in [2.24, 2.45) is 5.73 Å². The Labute approximate surface area is 94.0 Å². The lowest BCUT2D eigenvalue weighted by Crippen LogP contribution is -2.15. The van der Waals surface area contributed by atoms with Crippen molar-refractivity contribution in [2.75, 3.05) is 0 Å². The number of nitrogens with zero attached hydrogens (tertiary/aromatic N) is 1. The molecule has 16 heavy (non-hydrogen) atoms. The van der Waals surface area contributed by atoms with Crippen LogP contribution in [0.1, 0.15) is 29.7 Å². The molecule has 82 valence electrons. The number of nitrogen functional groups attached to an aromatic ring is 1. The normalized spacial score (nSPS) is 12.3. The molecule has 0 saturated carbocycles. The average Bonchev–Trinajstić information content (AvgIpc) is 2.81. The van der Waals surface area contributed by atoms with Crippen molar-refractivity contribution >= 4 is 5.84 Å². The fourth-order valence-electron chi connectivity index (χ4n) is 1.79. The Morgan fingerprint density at radius 3 is 2.81 bits per heavy atom. The van der Waals surface area contributed by atoms with Crippen LogP contribution in [0.3, 0.4) is 0 Å². The van der Waals surface area contributed by atoms with Gasteiger partial charge >= 0.3 is 0 Å². The Balaban J connectivity index is 2.44. The molecule has 1 unspecified atom stereocenters. The molecule has 4 heteroatoms. The summed E-state index contributed by atoms with van der Waals surface area (Å²) in [4.78, 5) is 7.08. The van der Waals surface area contributed by atoms with Crippen molar-refractivity contribution in [1.29, 1.82) is 5.41 Å². The molecule has 2 rings (SSSR count). The Hall–Kier alpha value is -2.10. The zero-order chi connectivity index (χ0) is 11.5. The van der Waals surface area contributed by atoms with Gasteiger partial charge in [-0.25, -0.2) is 4.98 Å². The highest BCUT2D eigenvalue weighted by atomic mass is 14.9. The summed E-state index contributed by atoms with van der Waals surface area (Å²) in [5, 5.41) is 7.55. The van der Waals surface area contributed by atoms with E-state index in [1.54, 1.807) is 12.5 Å². The van der Waals surface area contributed by atoms with Crippen LogP contribution in [-0.2, 0) is 0 Å². The molecular formula is C12H14N4. The third-order valence-corrected chi connectivity index (χ3v) is 2.70. The van der Waals surface area contributed by atoms with E-state index < -0.39 is 0 Å². The highest BCUT2D eigenvalue weighted by Gasteiger charge is 2.14. The van der Waals surface area contributed by atoms with Gasteiger partial charge in [0, 0.05) is 23.4 Å². The first-order chi connectivity index (χ1) is 7.70. The van der Waals surface area contributed by atoms with E-state index in [1.165, 1.54) is 0 Å². The number of nitrogens with one attached hydrogen (secondary N) is 2. The van der Waals surface area contributed by atoms with Gasteiger partial charge in [0.05, 0.1) is 6.33 Å². The third-order valence-electron chi connectivity index (χ3n) is 2.70. The fourth-order valence-corrected chi connectivity index (χ4v) is 1.79. The summed E-state index contributed by atoms with van der Waals surface area (Å²) < 4.78 is 0. The number of H-pyrrole nitrogens is 1. The van der Waals surface area contributed by atoms with E-state index in [-0.39, 0.29) is 11.8 Å². The topological polar surface area (TPSA) is 78.5 Å². The summed E-state index contributed by atoms with van der Waals surface area (Å²) in [5.41, 5.74) is 8.41. The van der Waals surface area contributed by atoms with Crippen LogP contribution in [0, 0.1) is 5.41 Å². The minimum absolute atomic E-state index is 0.0990. The predicted molar refractivity (Wildman–Crippen MR) is 63.6 cm³/mol. The second kappa shape index (κ2) is 4.18. The SMILES string of the molecule is CC(c1cnc[nH]1)c1ccccc1C(=N)N. The molecule has 0 spiro atoms. The molecule has 0 aliphatic carbocycles. The summed E-state index contributed by atoms with van der Waals surface area (Å²) in [6, 6.07) is 7.70. The highest BCUT2D eigenvalue weighted by Crippen LogP contribution is 2.24. The van der Waals surface area contributed by atoms with Crippen LogP contribution in [0.15, 0.2) is 36.8 Å². The summed E-state index contributed by atoms with van der Waals surface area (Å²) >= 11 is 0. The first-order valence-electron chi connectivity index (χ1n) is 5.11. The Bertz CT molecular complexity index is 487. The number of aromatic nitrogens is 2. The van der Waals surface area contributed by atoms with Crippen molar-refractivity contribution in [1.82, 2.24) is 9.97 Å². The molecule has 0 bridgehead atoms. The quantitative estimate of drug-likeness (QED) is 0.538. The molecule has 0 aliphatic rings. The maximum Gasteiger partial charge on any atom is 0.123 e. The Kier molecular flexibility index (Phi) is 2.72. The van der Waals surface area contributed by atoms with Gasteiger partial charge in [-0.1, -0.05) is 31.2 Å². The van der Waals surface area contributed by atoms with Gasteiger partial charge in [0.25, 0.3) is 0 Å². The minimum Gasteiger partial charge on any atom is -0.384 e. The molecule has 1 heterocycles. The smallest absolute Gasteiger partial charge is 0.123 e. The van der Waals surface area contributed by atoms with Gasteiger partial charge in [0.15, 0.2) is 0 Å². The van der Waals surface area contributed by atoms with E-state index >= 15 is 0 Å². The van der Waals surface area contributed by atoms with Gasteiger partial charge < -0.3 is 10.7 Å². The number of imidazole rings is 1. The van der Waals surface area contributed by atoms with Crippen LogP contribution >= 0.6 is 0 Å². The number of hydrogen-bond acceptors (Lipinski definition) is 2. The van der Waals surface area contributed by atoms with Gasteiger partial charge in [-0.2, -0.15) is 0 Å². The molecule has 0 radical (unpaired) electrons. The molecule has 0 saturated heterocycles. The van der Waals surface area contributed by atoms with Crippen LogP contribution in [0.5, 0.6) is 0 Å². The lowest BCUT2D eigenvalue weighted by Gasteiger charge is -2.14. The summed E-state index contributed by atoms with van der Waals surface area (Å²) in [5.74, 6) is 0.254. The average molecular weight is 214 g/mol. The van der Waals surface area contributed by atoms with E-state index in [0.29, 0.717) is 0 Å². The maximum absolute atomic E-state index is 7.55. The van der Waals surface area contributed by atoms with Crippen molar-refractivity contribution in [3.63, 3.8) is 0 Å². The summed E-state index contributed by atoms with van der Waals surface area (Å²) in [6.07, 6.45) is 3.45. The van der Waals surface area contributed by atoms with Crippen molar-refractivity contribution in [3.8, 4) is 0 Å². The largest absolute Gasteiger partial charge is 0.384 e. The molecule has 1 atom stereocenters. The van der Waals surface area contributed by atoms with Crippen LogP contribution in [0.2, 0.25) is 0 Å². The third kappa shape index (κ3) is 1.82. The predicted octanol–water partition coefficient (Wildman–Crippen LogP) is 1.85. The molecule has 0 aliphatic heterocycles. The maximum atomic E-state index is 7.55. The van der Waals surface area contributed by atoms with Gasteiger partial charge in [0.1, 0.15) is 5.84 Å². The lowest BCUT2D eigenvalue weighted by atomic mass is 9.93. The van der Waals surface area contributed by atoms with Gasteiger partial charge in [-0.3, -0.25) is 5.41 Å². The minimum atomic E-state index is 0.0990. The first-order valence-corrected chi connectivity index (χ1v) is 5.11. The molecule has 2 aromatic rings. The van der Waals surface area contributed by atoms with E-state index in [9.17, 15) is 0 Å². The number of amidine groups is 1. The van der Waals surface area contributed by atoms with Crippen LogP contribution in [-0.4, -0.2) is 15.8 Å². The molecule has 0 amide bonds. The van der Waals surface area contributed by atoms with Crippen LogP contribution in [0.25, 0.3) is 0 Å². The van der Waals surface area contributed by atoms with E-state index in [1.807, 2.05) is 24.3 Å². The van der Waals surface area contributed by atoms with Crippen molar-refractivity contribution < 1.29 is 0 Å². The Morgan fingerprint density at radius 2 is 2.19 bits per heavy atom. The zero-order valence-corrected chi connectivity index (χ0v) is 9.07. The zero-order valence-electron chi connectivity index (χ0n) is 9.07. The molecule has 1 aromatic heterocycles. The summed E-state index contributed by atoms with van der Waals surface area (Å²) in [7, 11) is 0. The van der Waals surface area contributed by atoms with Gasteiger partial charge in [-0.15, -0.1) is 0 Å². The number of rotatable bonds is 3. The molecule has 4 N–H and O–H groups in total. The van der Waals surface area contributed by atoms with E-state index in [2.05, 4.69) is 16.9 Å². The van der Waals surface area contributed by atoms with Crippen LogP contribution < -0.4 is 5.73 Å². The summed E-state index contributed by atoms with van der Waals surface area (Å²) in [6.45, 7) is 2.06. The monoisotopic (exact) mass is 214 g/mol. The van der Waals surface area contributed by atoms with Gasteiger partial charge in [-0.05, 0) is 5.56 Å². The van der Waals surface area contributed by atoms with E-state index in [0.717, 1.165) is 16.8 Å². The standard InChI is InChI=1S/C12H14N4/c1-8(11-6-15-7-16-11)9-4-2-3-5-10(9)12(13)14/h2-8H,1H3,(H3,13,14)(H,15,16). The van der Waals surface area contributed by atoms with Crippen molar-refractivity contribution in [3.05, 3.63) is 53.6 Å². The fraction of sp³-hybridized carbons (Fsp3) is 0.167. The first kappa shape index (κ1) is 10.4. The second-order valence-electron chi connectivity index (χ2n) is 3.73. The Morgan fingerprint density at radius 1 is 1.44 bits per heavy atom. The van der Waals surface area contributed by atoms with Crippen molar-refractivity contribution in [2.45, 2.75) is 12.8 Å². The lowest BCUT2D eigenvalue weighted by molar-refractivity contribution is 0.880. The molecule has 0 fully saturated rings. The number of benzene rings is 1. The number of aromatic amines is 1. The molecule has 4 nitrogen and oxygen atoms in total.